The van der Waals surface area contributed by atoms with Gasteiger partial charge in [0.25, 0.3) is 0 Å². The van der Waals surface area contributed by atoms with Crippen LogP contribution in [0.4, 0.5) is 0 Å². The molecule has 1 aliphatic rings. The van der Waals surface area contributed by atoms with Gasteiger partial charge in [-0.1, -0.05) is 17.2 Å². The van der Waals surface area contributed by atoms with Crippen molar-refractivity contribution in [3.63, 3.8) is 0 Å². The van der Waals surface area contributed by atoms with Crippen LogP contribution in [0.25, 0.3) is 0 Å². The second-order valence-electron chi connectivity index (χ2n) is 4.83. The Hall–Kier alpha value is -1.47. The summed E-state index contributed by atoms with van der Waals surface area (Å²) in [5, 5.41) is 10.3. The SMILES string of the molecule is Cc1nonc1CNC(=O)[C@H](C)CN1CCOCC1. The summed E-state index contributed by atoms with van der Waals surface area (Å²) in [7, 11) is 0. The number of nitrogens with one attached hydrogen (secondary N) is 1. The molecule has 1 aromatic heterocycles. The summed E-state index contributed by atoms with van der Waals surface area (Å²) in [6.07, 6.45) is 0. The van der Waals surface area contributed by atoms with Crippen LogP contribution in [0, 0.1) is 12.8 Å². The molecule has 0 aliphatic carbocycles. The number of rotatable bonds is 5. The maximum atomic E-state index is 12.0. The Kier molecular flexibility index (Phi) is 4.86. The Morgan fingerprint density at radius 3 is 2.79 bits per heavy atom. The number of carbonyl (C=O) groups is 1. The maximum absolute atomic E-state index is 12.0. The van der Waals surface area contributed by atoms with Crippen molar-refractivity contribution in [2.24, 2.45) is 5.92 Å². The highest BCUT2D eigenvalue weighted by molar-refractivity contribution is 5.78. The van der Waals surface area contributed by atoms with E-state index in [4.69, 9.17) is 4.74 Å². The van der Waals surface area contributed by atoms with E-state index < -0.39 is 0 Å². The van der Waals surface area contributed by atoms with Gasteiger partial charge >= 0.3 is 0 Å². The summed E-state index contributed by atoms with van der Waals surface area (Å²) < 4.78 is 9.87. The van der Waals surface area contributed by atoms with Crippen molar-refractivity contribution in [3.8, 4) is 0 Å². The molecule has 1 saturated heterocycles. The molecule has 0 aromatic carbocycles. The molecule has 1 aromatic rings. The third-order valence-electron chi connectivity index (χ3n) is 3.26. The van der Waals surface area contributed by atoms with Crippen LogP contribution in [-0.4, -0.2) is 54.0 Å². The lowest BCUT2D eigenvalue weighted by molar-refractivity contribution is -0.125. The van der Waals surface area contributed by atoms with E-state index in [2.05, 4.69) is 25.2 Å². The summed E-state index contributed by atoms with van der Waals surface area (Å²) in [6.45, 7) is 8.13. The Balaban J connectivity index is 1.74. The molecule has 1 atom stereocenters. The van der Waals surface area contributed by atoms with Gasteiger partial charge in [-0.05, 0) is 6.92 Å². The largest absolute Gasteiger partial charge is 0.379 e. The van der Waals surface area contributed by atoms with Gasteiger partial charge in [0.1, 0.15) is 11.4 Å². The van der Waals surface area contributed by atoms with E-state index in [-0.39, 0.29) is 11.8 Å². The van der Waals surface area contributed by atoms with E-state index in [9.17, 15) is 4.79 Å². The predicted octanol–water partition coefficient (Wildman–Crippen LogP) is -0.0375. The number of aryl methyl sites for hydroxylation is 1. The Bertz CT molecular complexity index is 415. The average Bonchev–Trinajstić information content (AvgIpc) is 2.82. The first kappa shape index (κ1) is 14.0. The zero-order valence-electron chi connectivity index (χ0n) is 11.4. The van der Waals surface area contributed by atoms with Crippen molar-refractivity contribution in [3.05, 3.63) is 11.4 Å². The number of hydrogen-bond acceptors (Lipinski definition) is 6. The maximum Gasteiger partial charge on any atom is 0.224 e. The molecule has 7 heteroatoms. The van der Waals surface area contributed by atoms with Crippen LogP contribution in [0.1, 0.15) is 18.3 Å². The molecule has 0 unspecified atom stereocenters. The molecular weight excluding hydrogens is 248 g/mol. The minimum atomic E-state index is -0.0572. The number of aromatic nitrogens is 2. The van der Waals surface area contributed by atoms with Crippen LogP contribution >= 0.6 is 0 Å². The lowest BCUT2D eigenvalue weighted by atomic mass is 10.1. The second-order valence-corrected chi connectivity index (χ2v) is 4.83. The smallest absolute Gasteiger partial charge is 0.224 e. The number of amides is 1. The molecule has 0 radical (unpaired) electrons. The average molecular weight is 268 g/mol. The zero-order chi connectivity index (χ0) is 13.7. The summed E-state index contributed by atoms with van der Waals surface area (Å²) >= 11 is 0. The van der Waals surface area contributed by atoms with Crippen molar-refractivity contribution in [1.29, 1.82) is 0 Å². The lowest BCUT2D eigenvalue weighted by Crippen LogP contribution is -2.42. The number of morpholine rings is 1. The summed E-state index contributed by atoms with van der Waals surface area (Å²) in [6, 6.07) is 0. The van der Waals surface area contributed by atoms with Crippen LogP contribution in [0.3, 0.4) is 0 Å². The lowest BCUT2D eigenvalue weighted by Gasteiger charge is -2.28. The van der Waals surface area contributed by atoms with E-state index in [1.165, 1.54) is 0 Å². The van der Waals surface area contributed by atoms with Crippen LogP contribution in [-0.2, 0) is 16.1 Å². The summed E-state index contributed by atoms with van der Waals surface area (Å²) in [5.74, 6) is -0.0350. The highest BCUT2D eigenvalue weighted by Crippen LogP contribution is 2.05. The van der Waals surface area contributed by atoms with Gasteiger partial charge in [-0.15, -0.1) is 0 Å². The first-order chi connectivity index (χ1) is 9.16. The van der Waals surface area contributed by atoms with Crippen LogP contribution in [0.15, 0.2) is 4.63 Å². The number of hydrogen-bond donors (Lipinski definition) is 1. The van der Waals surface area contributed by atoms with E-state index in [1.807, 2.05) is 6.92 Å². The highest BCUT2D eigenvalue weighted by Gasteiger charge is 2.19. The van der Waals surface area contributed by atoms with Gasteiger partial charge < -0.3 is 10.1 Å². The van der Waals surface area contributed by atoms with E-state index in [1.54, 1.807) is 6.92 Å². The van der Waals surface area contributed by atoms with Crippen molar-refractivity contribution in [1.82, 2.24) is 20.5 Å². The molecule has 2 heterocycles. The molecule has 1 fully saturated rings. The molecular formula is C12H20N4O3. The molecule has 1 N–H and O–H groups in total. The van der Waals surface area contributed by atoms with Gasteiger partial charge in [0.15, 0.2) is 0 Å². The van der Waals surface area contributed by atoms with Gasteiger partial charge in [-0.3, -0.25) is 9.69 Å². The molecule has 0 spiro atoms. The first-order valence-corrected chi connectivity index (χ1v) is 6.52. The molecule has 1 amide bonds. The monoisotopic (exact) mass is 268 g/mol. The Morgan fingerprint density at radius 2 is 2.16 bits per heavy atom. The van der Waals surface area contributed by atoms with Gasteiger partial charge in [-0.2, -0.15) is 0 Å². The molecule has 0 bridgehead atoms. The minimum absolute atomic E-state index is 0.0221. The number of ether oxygens (including phenoxy) is 1. The normalized spacial score (nSPS) is 18.2. The number of carbonyl (C=O) groups excluding carboxylic acids is 1. The molecule has 1 aliphatic heterocycles. The fourth-order valence-corrected chi connectivity index (χ4v) is 2.01. The van der Waals surface area contributed by atoms with E-state index in [0.29, 0.717) is 17.9 Å². The molecule has 0 saturated carbocycles. The van der Waals surface area contributed by atoms with Crippen LogP contribution < -0.4 is 5.32 Å². The third-order valence-corrected chi connectivity index (χ3v) is 3.26. The van der Waals surface area contributed by atoms with Crippen molar-refractivity contribution in [2.75, 3.05) is 32.8 Å². The number of nitrogens with zero attached hydrogens (tertiary/aromatic N) is 3. The summed E-state index contributed by atoms with van der Waals surface area (Å²) in [4.78, 5) is 14.2. The topological polar surface area (TPSA) is 80.5 Å². The Labute approximate surface area is 112 Å². The molecule has 19 heavy (non-hydrogen) atoms. The predicted molar refractivity (Wildman–Crippen MR) is 67.3 cm³/mol. The minimum Gasteiger partial charge on any atom is -0.379 e. The first-order valence-electron chi connectivity index (χ1n) is 6.52. The standard InChI is InChI=1S/C12H20N4O3/c1-9(8-16-3-5-18-6-4-16)12(17)13-7-11-10(2)14-19-15-11/h9H,3-8H2,1-2H3,(H,13,17)/t9-/m1/s1. The van der Waals surface area contributed by atoms with Crippen LogP contribution in [0.2, 0.25) is 0 Å². The van der Waals surface area contributed by atoms with E-state index in [0.717, 1.165) is 32.8 Å². The third kappa shape index (κ3) is 4.00. The van der Waals surface area contributed by atoms with Crippen molar-refractivity contribution >= 4 is 5.91 Å². The van der Waals surface area contributed by atoms with Gasteiger partial charge in [0.05, 0.1) is 19.8 Å². The quantitative estimate of drug-likeness (QED) is 0.807. The fourth-order valence-electron chi connectivity index (χ4n) is 2.01. The fraction of sp³-hybridized carbons (Fsp3) is 0.750. The zero-order valence-corrected chi connectivity index (χ0v) is 11.4. The van der Waals surface area contributed by atoms with Gasteiger partial charge in [-0.25, -0.2) is 4.63 Å². The second kappa shape index (κ2) is 6.63. The molecule has 7 nitrogen and oxygen atoms in total. The van der Waals surface area contributed by atoms with Gasteiger partial charge in [0.2, 0.25) is 5.91 Å². The van der Waals surface area contributed by atoms with Gasteiger partial charge in [0, 0.05) is 25.6 Å². The van der Waals surface area contributed by atoms with Crippen LogP contribution in [0.5, 0.6) is 0 Å². The molecule has 2 rings (SSSR count). The Morgan fingerprint density at radius 1 is 1.42 bits per heavy atom. The van der Waals surface area contributed by atoms with Crippen molar-refractivity contribution < 1.29 is 14.2 Å². The molecule has 106 valence electrons. The van der Waals surface area contributed by atoms with Crippen molar-refractivity contribution in [2.45, 2.75) is 20.4 Å². The highest BCUT2D eigenvalue weighted by atomic mass is 16.6. The van der Waals surface area contributed by atoms with E-state index >= 15 is 0 Å². The summed E-state index contributed by atoms with van der Waals surface area (Å²) in [5.41, 5.74) is 1.38.